The second-order valence-electron chi connectivity index (χ2n) is 4.96. The highest BCUT2D eigenvalue weighted by Gasteiger charge is 2.10. The molecular weight excluding hydrogens is 288 g/mol. The minimum Gasteiger partial charge on any atom is -0.497 e. The summed E-state index contributed by atoms with van der Waals surface area (Å²) >= 11 is 0. The summed E-state index contributed by atoms with van der Waals surface area (Å²) in [5, 5.41) is 8.92. The van der Waals surface area contributed by atoms with E-state index in [9.17, 15) is 0 Å². The van der Waals surface area contributed by atoms with Crippen molar-refractivity contribution in [3.05, 3.63) is 47.8 Å². The van der Waals surface area contributed by atoms with Crippen LogP contribution in [0.1, 0.15) is 25.1 Å². The fourth-order valence-corrected chi connectivity index (χ4v) is 2.47. The number of benzene rings is 1. The van der Waals surface area contributed by atoms with Crippen LogP contribution in [0.25, 0.3) is 10.9 Å². The highest BCUT2D eigenvalue weighted by atomic mass is 16.5. The molecule has 2 heterocycles. The van der Waals surface area contributed by atoms with Crippen molar-refractivity contribution >= 4 is 16.7 Å². The summed E-state index contributed by atoms with van der Waals surface area (Å²) in [6.45, 7) is 6.72. The first-order valence-corrected chi connectivity index (χ1v) is 7.84. The lowest BCUT2D eigenvalue weighted by Crippen LogP contribution is -2.02. The molecule has 1 aromatic carbocycles. The monoisotopic (exact) mass is 312 g/mol. The summed E-state index contributed by atoms with van der Waals surface area (Å²) < 4.78 is 7.04. The van der Waals surface area contributed by atoms with E-state index >= 15 is 0 Å². The van der Waals surface area contributed by atoms with Gasteiger partial charge < -0.3 is 10.1 Å². The minimum atomic E-state index is 0.713. The molecule has 5 heteroatoms. The van der Waals surface area contributed by atoms with Gasteiger partial charge in [0.25, 0.3) is 0 Å². The van der Waals surface area contributed by atoms with Crippen LogP contribution in [0.3, 0.4) is 0 Å². The first-order valence-electron chi connectivity index (χ1n) is 7.84. The van der Waals surface area contributed by atoms with Crippen molar-refractivity contribution in [2.24, 2.45) is 7.05 Å². The Labute approximate surface area is 137 Å². The largest absolute Gasteiger partial charge is 0.497 e. The maximum atomic E-state index is 5.16. The molecule has 23 heavy (non-hydrogen) atoms. The Morgan fingerprint density at radius 1 is 1.13 bits per heavy atom. The number of ether oxygens (including phenoxy) is 1. The van der Waals surface area contributed by atoms with Gasteiger partial charge in [-0.15, -0.1) is 0 Å². The maximum absolute atomic E-state index is 5.16. The highest BCUT2D eigenvalue weighted by Crippen LogP contribution is 2.24. The molecule has 0 radical (unpaired) electrons. The molecule has 2 aromatic heterocycles. The van der Waals surface area contributed by atoms with E-state index in [1.807, 2.05) is 62.8 Å². The normalized spacial score (nSPS) is 10.1. The number of aryl methyl sites for hydroxylation is 2. The third-order valence-electron chi connectivity index (χ3n) is 3.56. The smallest absolute Gasteiger partial charge is 0.137 e. The van der Waals surface area contributed by atoms with Crippen molar-refractivity contribution < 1.29 is 4.74 Å². The number of methoxy groups -OCH3 is 1. The van der Waals surface area contributed by atoms with Crippen molar-refractivity contribution in [2.75, 3.05) is 12.4 Å². The van der Waals surface area contributed by atoms with E-state index in [-0.39, 0.29) is 0 Å². The summed E-state index contributed by atoms with van der Waals surface area (Å²) in [6.07, 6.45) is 1.81. The molecule has 0 aliphatic rings. The van der Waals surface area contributed by atoms with Gasteiger partial charge in [-0.2, -0.15) is 5.10 Å². The van der Waals surface area contributed by atoms with E-state index in [1.54, 1.807) is 13.3 Å². The molecular formula is C18H24N4O. The Kier molecular flexibility index (Phi) is 5.57. The molecule has 122 valence electrons. The average Bonchev–Trinajstić information content (AvgIpc) is 2.90. The average molecular weight is 312 g/mol. The second-order valence-corrected chi connectivity index (χ2v) is 4.96. The number of hydrogen-bond donors (Lipinski definition) is 1. The van der Waals surface area contributed by atoms with Crippen LogP contribution in [0.4, 0.5) is 5.82 Å². The number of rotatable bonds is 4. The van der Waals surface area contributed by atoms with Crippen molar-refractivity contribution in [3.8, 4) is 5.75 Å². The molecule has 0 saturated heterocycles. The van der Waals surface area contributed by atoms with E-state index in [0.717, 1.165) is 28.2 Å². The number of fused-ring (bicyclic) bond motifs is 1. The van der Waals surface area contributed by atoms with Gasteiger partial charge >= 0.3 is 0 Å². The quantitative estimate of drug-likeness (QED) is 0.793. The van der Waals surface area contributed by atoms with Crippen LogP contribution in [0.5, 0.6) is 5.75 Å². The number of nitrogens with zero attached hydrogens (tertiary/aromatic N) is 3. The summed E-state index contributed by atoms with van der Waals surface area (Å²) in [6, 6.07) is 9.98. The standard InChI is InChI=1S/C16H18N4O.C2H6/c1-11-15-14(20(2)19-11)8-9-17-16(15)18-10-12-4-6-13(21-3)7-5-12;1-2/h4-9H,10H2,1-3H3,(H,17,18);1-2H3. The number of nitrogens with one attached hydrogen (secondary N) is 1. The molecule has 3 rings (SSSR count). The van der Waals surface area contributed by atoms with Crippen molar-refractivity contribution in [1.82, 2.24) is 14.8 Å². The number of aromatic nitrogens is 3. The third kappa shape index (κ3) is 3.62. The summed E-state index contributed by atoms with van der Waals surface area (Å²) in [7, 11) is 3.62. The molecule has 0 aliphatic heterocycles. The molecule has 5 nitrogen and oxygen atoms in total. The van der Waals surface area contributed by atoms with Gasteiger partial charge in [0.1, 0.15) is 11.6 Å². The lowest BCUT2D eigenvalue weighted by Gasteiger charge is -2.08. The second kappa shape index (κ2) is 7.63. The molecule has 0 atom stereocenters. The van der Waals surface area contributed by atoms with Crippen LogP contribution in [0.2, 0.25) is 0 Å². The molecule has 3 aromatic rings. The zero-order valence-corrected chi connectivity index (χ0v) is 14.4. The van der Waals surface area contributed by atoms with Crippen LogP contribution in [0.15, 0.2) is 36.5 Å². The topological polar surface area (TPSA) is 52.0 Å². The Morgan fingerprint density at radius 2 is 1.83 bits per heavy atom. The van der Waals surface area contributed by atoms with Gasteiger partial charge in [-0.3, -0.25) is 4.68 Å². The molecule has 0 spiro atoms. The SMILES string of the molecule is CC.COc1ccc(CNc2nccc3c2c(C)nn3C)cc1. The van der Waals surface area contributed by atoms with Gasteiger partial charge in [-0.1, -0.05) is 26.0 Å². The Hall–Kier alpha value is -2.56. The summed E-state index contributed by atoms with van der Waals surface area (Å²) in [5.41, 5.74) is 3.24. The van der Waals surface area contributed by atoms with E-state index in [2.05, 4.69) is 15.4 Å². The number of pyridine rings is 1. The fourth-order valence-electron chi connectivity index (χ4n) is 2.47. The van der Waals surface area contributed by atoms with Crippen LogP contribution < -0.4 is 10.1 Å². The third-order valence-corrected chi connectivity index (χ3v) is 3.56. The van der Waals surface area contributed by atoms with E-state index in [0.29, 0.717) is 6.54 Å². The Bertz CT molecular complexity index is 763. The van der Waals surface area contributed by atoms with Gasteiger partial charge in [0.15, 0.2) is 0 Å². The first-order chi connectivity index (χ1) is 11.2. The fraction of sp³-hybridized carbons (Fsp3) is 0.333. The lowest BCUT2D eigenvalue weighted by atomic mass is 10.2. The Morgan fingerprint density at radius 3 is 2.48 bits per heavy atom. The molecule has 0 fully saturated rings. The summed E-state index contributed by atoms with van der Waals surface area (Å²) in [4.78, 5) is 4.44. The van der Waals surface area contributed by atoms with Gasteiger partial charge in [-0.05, 0) is 30.7 Å². The van der Waals surface area contributed by atoms with E-state index < -0.39 is 0 Å². The van der Waals surface area contributed by atoms with Crippen molar-refractivity contribution in [3.63, 3.8) is 0 Å². The van der Waals surface area contributed by atoms with Gasteiger partial charge in [-0.25, -0.2) is 4.98 Å². The summed E-state index contributed by atoms with van der Waals surface area (Å²) in [5.74, 6) is 1.73. The van der Waals surface area contributed by atoms with Crippen LogP contribution in [-0.4, -0.2) is 21.9 Å². The predicted octanol–water partition coefficient (Wildman–Crippen LogP) is 3.92. The first kappa shape index (κ1) is 16.8. The highest BCUT2D eigenvalue weighted by molar-refractivity contribution is 5.91. The molecule has 0 amide bonds. The molecule has 0 bridgehead atoms. The molecule has 0 saturated carbocycles. The number of hydrogen-bond acceptors (Lipinski definition) is 4. The lowest BCUT2D eigenvalue weighted by molar-refractivity contribution is 0.414. The Balaban J connectivity index is 0.000000924. The molecule has 0 unspecified atom stereocenters. The van der Waals surface area contributed by atoms with Gasteiger partial charge in [0.05, 0.1) is 23.7 Å². The molecule has 1 N–H and O–H groups in total. The van der Waals surface area contributed by atoms with Gasteiger partial charge in [0.2, 0.25) is 0 Å². The van der Waals surface area contributed by atoms with E-state index in [1.165, 1.54) is 5.56 Å². The van der Waals surface area contributed by atoms with Crippen molar-refractivity contribution in [1.29, 1.82) is 0 Å². The number of anilines is 1. The van der Waals surface area contributed by atoms with E-state index in [4.69, 9.17) is 4.74 Å². The van der Waals surface area contributed by atoms with Crippen LogP contribution in [-0.2, 0) is 13.6 Å². The zero-order chi connectivity index (χ0) is 16.8. The molecule has 0 aliphatic carbocycles. The van der Waals surface area contributed by atoms with Crippen molar-refractivity contribution in [2.45, 2.75) is 27.3 Å². The predicted molar refractivity (Wildman–Crippen MR) is 94.9 cm³/mol. The van der Waals surface area contributed by atoms with Crippen LogP contribution >= 0.6 is 0 Å². The van der Waals surface area contributed by atoms with Crippen LogP contribution in [0, 0.1) is 6.92 Å². The minimum absolute atomic E-state index is 0.713. The zero-order valence-electron chi connectivity index (χ0n) is 14.4. The maximum Gasteiger partial charge on any atom is 0.137 e. The van der Waals surface area contributed by atoms with Gasteiger partial charge in [0, 0.05) is 19.8 Å².